The number of rotatable bonds is 1. The molecule has 0 aromatic heterocycles. The molecule has 0 nitrogen and oxygen atoms in total. The van der Waals surface area contributed by atoms with Crippen LogP contribution in [0.1, 0.15) is 51.0 Å². The van der Waals surface area contributed by atoms with Gasteiger partial charge in [-0.1, -0.05) is 37.1 Å². The molecule has 0 radical (unpaired) electrons. The molecule has 0 unspecified atom stereocenters. The second kappa shape index (κ2) is 4.15. The lowest BCUT2D eigenvalue weighted by Gasteiger charge is -2.41. The zero-order valence-electron chi connectivity index (χ0n) is 13.1. The maximum atomic E-state index is 7.72. The molecule has 0 N–H and O–H groups in total. The molecule has 15 heavy (non-hydrogen) atoms. The highest BCUT2D eigenvalue weighted by Crippen LogP contribution is 2.45. The Kier molecular flexibility index (Phi) is 2.13. The van der Waals surface area contributed by atoms with Crippen molar-refractivity contribution >= 4 is 0 Å². The summed E-state index contributed by atoms with van der Waals surface area (Å²) in [5.41, 5.74) is 2.17. The molecule has 0 fully saturated rings. The van der Waals surface area contributed by atoms with Crippen molar-refractivity contribution < 1.29 is 4.11 Å². The molecule has 0 heteroatoms. The van der Waals surface area contributed by atoms with E-state index in [0.29, 0.717) is 17.8 Å². The van der Waals surface area contributed by atoms with E-state index in [1.54, 1.807) is 0 Å². The fourth-order valence-corrected chi connectivity index (χ4v) is 3.18. The van der Waals surface area contributed by atoms with Crippen molar-refractivity contribution in [2.24, 2.45) is 23.7 Å². The summed E-state index contributed by atoms with van der Waals surface area (Å²) in [6.45, 7) is 4.80. The average molecular weight is 207 g/mol. The molecule has 0 aromatic carbocycles. The molecule has 2 aliphatic carbocycles. The van der Waals surface area contributed by atoms with Gasteiger partial charge in [-0.25, -0.2) is 0 Å². The first-order valence-electron chi connectivity index (χ1n) is 7.68. The molecule has 2 aliphatic rings. The highest BCUT2D eigenvalue weighted by atomic mass is 14.4. The molecule has 0 saturated heterocycles. The summed E-state index contributed by atoms with van der Waals surface area (Å²) in [7, 11) is 0. The Morgan fingerprint density at radius 1 is 1.47 bits per heavy atom. The van der Waals surface area contributed by atoms with E-state index in [2.05, 4.69) is 26.8 Å². The lowest BCUT2D eigenvalue weighted by Crippen LogP contribution is -2.31. The Hall–Kier alpha value is -0.520. The fraction of sp³-hybridized carbons (Fsp3) is 0.733. The van der Waals surface area contributed by atoms with Crippen LogP contribution >= 0.6 is 0 Å². The van der Waals surface area contributed by atoms with Gasteiger partial charge >= 0.3 is 0 Å². The van der Waals surface area contributed by atoms with Crippen molar-refractivity contribution in [3.8, 4) is 0 Å². The summed E-state index contributed by atoms with van der Waals surface area (Å²) >= 11 is 0. The molecule has 3 atom stereocenters. The van der Waals surface area contributed by atoms with Crippen molar-refractivity contribution in [3.63, 3.8) is 0 Å². The minimum atomic E-state index is -1.90. The van der Waals surface area contributed by atoms with Gasteiger partial charge in [0.15, 0.2) is 0 Å². The predicted molar refractivity (Wildman–Crippen MR) is 66.7 cm³/mol. The van der Waals surface area contributed by atoms with Gasteiger partial charge in [0, 0.05) is 4.11 Å². The summed E-state index contributed by atoms with van der Waals surface area (Å²) in [6, 6.07) is 0. The zero-order chi connectivity index (χ0) is 13.5. The highest BCUT2D eigenvalue weighted by Gasteiger charge is 2.34. The zero-order valence-corrected chi connectivity index (χ0v) is 10.1. The Bertz CT molecular complexity index is 374. The van der Waals surface area contributed by atoms with Crippen LogP contribution in [0.5, 0.6) is 0 Å². The Balaban J connectivity index is 2.36. The van der Waals surface area contributed by atoms with Crippen LogP contribution < -0.4 is 0 Å². The first kappa shape index (κ1) is 7.70. The molecule has 0 aliphatic heterocycles. The smallest absolute Gasteiger partial charge is 0.0276 e. The van der Waals surface area contributed by atoms with E-state index in [9.17, 15) is 0 Å². The summed E-state index contributed by atoms with van der Waals surface area (Å²) in [6.07, 6.45) is 7.38. The van der Waals surface area contributed by atoms with Gasteiger partial charge in [0.2, 0.25) is 0 Å². The molecule has 84 valence electrons. The van der Waals surface area contributed by atoms with E-state index < -0.39 is 6.85 Å². The minimum Gasteiger partial charge on any atom is -0.0850 e. The second-order valence-electron chi connectivity index (χ2n) is 5.54. The van der Waals surface area contributed by atoms with E-state index in [0.717, 1.165) is 24.8 Å². The van der Waals surface area contributed by atoms with Gasteiger partial charge in [0.05, 0.1) is 0 Å². The number of allylic oxidation sites excluding steroid dienone is 4. The first-order valence-corrected chi connectivity index (χ1v) is 6.18. The van der Waals surface area contributed by atoms with E-state index in [4.69, 9.17) is 4.11 Å². The van der Waals surface area contributed by atoms with Gasteiger partial charge in [0.1, 0.15) is 0 Å². The largest absolute Gasteiger partial charge is 0.0850 e. The molecule has 0 amide bonds. The summed E-state index contributed by atoms with van der Waals surface area (Å²) in [5, 5.41) is 0. The van der Waals surface area contributed by atoms with Crippen LogP contribution in [-0.4, -0.2) is 0 Å². The number of fused-ring (bicyclic) bond motifs is 1. The van der Waals surface area contributed by atoms with E-state index >= 15 is 0 Å². The third-order valence-corrected chi connectivity index (χ3v) is 4.15. The van der Waals surface area contributed by atoms with Crippen molar-refractivity contribution in [1.29, 1.82) is 0 Å². The first-order chi connectivity index (χ1) is 8.30. The highest BCUT2D eigenvalue weighted by molar-refractivity contribution is 5.20. The number of hydrogen-bond acceptors (Lipinski definition) is 0. The lowest BCUT2D eigenvalue weighted by molar-refractivity contribution is 0.210. The van der Waals surface area contributed by atoms with E-state index in [1.165, 1.54) is 5.57 Å². The molecular weight excluding hydrogens is 180 g/mol. The number of hydrogen-bond donors (Lipinski definition) is 0. The Morgan fingerprint density at radius 2 is 2.27 bits per heavy atom. The molecule has 0 heterocycles. The monoisotopic (exact) mass is 207 g/mol. The topological polar surface area (TPSA) is 0 Å². The lowest BCUT2D eigenvalue weighted by atomic mass is 9.64. The molecule has 2 rings (SSSR count). The van der Waals surface area contributed by atoms with Crippen molar-refractivity contribution in [3.05, 3.63) is 23.3 Å². The van der Waals surface area contributed by atoms with Gasteiger partial charge in [-0.05, 0) is 56.7 Å². The fourth-order valence-electron chi connectivity index (χ4n) is 3.18. The molecule has 0 aromatic rings. The van der Waals surface area contributed by atoms with Crippen LogP contribution in [0.2, 0.25) is 0 Å². The second-order valence-corrected chi connectivity index (χ2v) is 5.54. The van der Waals surface area contributed by atoms with Crippen molar-refractivity contribution in [2.75, 3.05) is 0 Å². The van der Waals surface area contributed by atoms with Gasteiger partial charge in [0.25, 0.3) is 0 Å². The summed E-state index contributed by atoms with van der Waals surface area (Å²) in [5.74, 6) is 1.92. The van der Waals surface area contributed by atoms with Crippen molar-refractivity contribution in [1.82, 2.24) is 0 Å². The third-order valence-electron chi connectivity index (χ3n) is 4.15. The van der Waals surface area contributed by atoms with Gasteiger partial charge in [-0.3, -0.25) is 0 Å². The van der Waals surface area contributed by atoms with Crippen LogP contribution in [0.25, 0.3) is 0 Å². The maximum absolute atomic E-state index is 7.72. The quantitative estimate of drug-likeness (QED) is 0.552. The third kappa shape index (κ3) is 2.04. The molecule has 0 spiro atoms. The summed E-state index contributed by atoms with van der Waals surface area (Å²) in [4.78, 5) is 0. The van der Waals surface area contributed by atoms with Crippen LogP contribution in [0.4, 0.5) is 0 Å². The molecule has 0 bridgehead atoms. The standard InChI is InChI=1S/C15H24/c1-10(2)13-8-6-12(4)14-7-5-11(3)9-15(13)14/h6,9-10,13-15H,5,7-8H2,1-4H3/t13-,14+,15-/m0/s1/i4D3. The predicted octanol–water partition coefficient (Wildman–Crippen LogP) is 4.58. The van der Waals surface area contributed by atoms with Gasteiger partial charge < -0.3 is 0 Å². The SMILES string of the molecule is [2H]C([2H])([2H])C1=CC[C@@H](C(C)C)[C@@H]2C=C(C)CC[C@H]12. The minimum absolute atomic E-state index is 0.252. The normalized spacial score (nSPS) is 39.7. The Morgan fingerprint density at radius 3 is 2.93 bits per heavy atom. The summed E-state index contributed by atoms with van der Waals surface area (Å²) < 4.78 is 23.2. The van der Waals surface area contributed by atoms with Crippen LogP contribution in [0.15, 0.2) is 23.3 Å². The van der Waals surface area contributed by atoms with Crippen molar-refractivity contribution in [2.45, 2.75) is 46.9 Å². The van der Waals surface area contributed by atoms with E-state index in [1.807, 2.05) is 6.08 Å². The van der Waals surface area contributed by atoms with Crippen LogP contribution in [0, 0.1) is 23.7 Å². The Labute approximate surface area is 98.7 Å². The van der Waals surface area contributed by atoms with Gasteiger partial charge in [-0.15, -0.1) is 0 Å². The molecule has 0 saturated carbocycles. The molecular formula is C15H24. The van der Waals surface area contributed by atoms with Crippen LogP contribution in [0.3, 0.4) is 0 Å². The van der Waals surface area contributed by atoms with E-state index in [-0.39, 0.29) is 5.92 Å². The average Bonchev–Trinajstić information content (AvgIpc) is 2.25. The maximum Gasteiger partial charge on any atom is 0.0276 e. The van der Waals surface area contributed by atoms with Gasteiger partial charge in [-0.2, -0.15) is 0 Å². The van der Waals surface area contributed by atoms with Crippen LogP contribution in [-0.2, 0) is 0 Å².